The number of nitrogens with zero attached hydrogens (tertiary/aromatic N) is 3. The topological polar surface area (TPSA) is 66.2 Å². The van der Waals surface area contributed by atoms with Gasteiger partial charge in [0.1, 0.15) is 17.9 Å². The molecule has 0 saturated heterocycles. The average molecular weight is 294 g/mol. The van der Waals surface area contributed by atoms with Crippen molar-refractivity contribution < 1.29 is 9.50 Å². The Bertz CT molecular complexity index is 1030. The van der Waals surface area contributed by atoms with Gasteiger partial charge in [-0.1, -0.05) is 12.6 Å². The molecule has 1 aromatic carbocycles. The predicted molar refractivity (Wildman–Crippen MR) is 81.9 cm³/mol. The van der Waals surface area contributed by atoms with Crippen molar-refractivity contribution >= 4 is 22.4 Å². The molecule has 0 unspecified atom stereocenters. The first-order chi connectivity index (χ1) is 10.6. The Labute approximate surface area is 124 Å². The second-order valence-electron chi connectivity index (χ2n) is 4.96. The highest BCUT2D eigenvalue weighted by atomic mass is 19.1. The molecular weight excluding hydrogens is 283 g/mol. The van der Waals surface area contributed by atoms with Crippen LogP contribution >= 0.6 is 0 Å². The van der Waals surface area contributed by atoms with Gasteiger partial charge in [-0.15, -0.1) is 0 Å². The van der Waals surface area contributed by atoms with Crippen molar-refractivity contribution in [3.63, 3.8) is 0 Å². The molecule has 0 aliphatic carbocycles. The van der Waals surface area contributed by atoms with E-state index in [1.807, 2.05) is 10.5 Å². The summed E-state index contributed by atoms with van der Waals surface area (Å²) in [5.41, 5.74) is 3.76. The van der Waals surface area contributed by atoms with Crippen LogP contribution in [0.2, 0.25) is 0 Å². The van der Waals surface area contributed by atoms with Gasteiger partial charge in [0.2, 0.25) is 0 Å². The first-order valence-electron chi connectivity index (χ1n) is 6.62. The molecule has 0 amide bonds. The Balaban J connectivity index is 1.94. The lowest BCUT2D eigenvalue weighted by atomic mass is 10.1. The van der Waals surface area contributed by atoms with Crippen molar-refractivity contribution in [3.8, 4) is 11.3 Å². The summed E-state index contributed by atoms with van der Waals surface area (Å²) in [6.07, 6.45) is 5.18. The SMILES string of the molecule is C=C(O)c1ccc(-c2ncn3c2cnc2[nH]ccc23)cc1F. The fourth-order valence-corrected chi connectivity index (χ4v) is 2.57. The predicted octanol–water partition coefficient (Wildman–Crippen LogP) is 3.55. The van der Waals surface area contributed by atoms with Gasteiger partial charge in [-0.05, 0) is 18.2 Å². The molecule has 0 atom stereocenters. The van der Waals surface area contributed by atoms with Crippen LogP contribution in [0, 0.1) is 5.82 Å². The summed E-state index contributed by atoms with van der Waals surface area (Å²) < 4.78 is 15.9. The van der Waals surface area contributed by atoms with Gasteiger partial charge in [0.15, 0.2) is 5.65 Å². The van der Waals surface area contributed by atoms with E-state index in [2.05, 4.69) is 21.5 Å². The number of aliphatic hydroxyl groups excluding tert-OH is 1. The standard InChI is InChI=1S/C16H11FN4O/c1-9(22)11-3-2-10(6-12(11)17)15-14-7-19-16-13(4-5-18-16)21(14)8-20-15/h2-8,18,22H,1H2. The van der Waals surface area contributed by atoms with E-state index in [0.717, 1.165) is 16.7 Å². The van der Waals surface area contributed by atoms with E-state index < -0.39 is 5.82 Å². The van der Waals surface area contributed by atoms with Crippen LogP contribution in [-0.2, 0) is 0 Å². The third-order valence-corrected chi connectivity index (χ3v) is 3.64. The monoisotopic (exact) mass is 294 g/mol. The minimum atomic E-state index is -0.540. The molecule has 4 aromatic rings. The number of nitrogens with one attached hydrogen (secondary N) is 1. The largest absolute Gasteiger partial charge is 0.508 e. The van der Waals surface area contributed by atoms with E-state index >= 15 is 0 Å². The van der Waals surface area contributed by atoms with Crippen LogP contribution in [0.4, 0.5) is 4.39 Å². The number of hydrogen-bond acceptors (Lipinski definition) is 3. The maximum Gasteiger partial charge on any atom is 0.154 e. The van der Waals surface area contributed by atoms with Gasteiger partial charge in [-0.25, -0.2) is 14.4 Å². The van der Waals surface area contributed by atoms with E-state index in [4.69, 9.17) is 0 Å². The summed E-state index contributed by atoms with van der Waals surface area (Å²) in [4.78, 5) is 11.7. The van der Waals surface area contributed by atoms with Gasteiger partial charge >= 0.3 is 0 Å². The Morgan fingerprint density at radius 1 is 1.23 bits per heavy atom. The van der Waals surface area contributed by atoms with Gasteiger partial charge in [-0.3, -0.25) is 4.40 Å². The van der Waals surface area contributed by atoms with E-state index in [0.29, 0.717) is 11.3 Å². The molecule has 108 valence electrons. The Hall–Kier alpha value is -3.15. The molecule has 4 rings (SSSR count). The molecule has 0 saturated carbocycles. The zero-order chi connectivity index (χ0) is 15.3. The molecule has 3 aromatic heterocycles. The van der Waals surface area contributed by atoms with E-state index in [-0.39, 0.29) is 11.3 Å². The minimum Gasteiger partial charge on any atom is -0.508 e. The smallest absolute Gasteiger partial charge is 0.154 e. The second-order valence-corrected chi connectivity index (χ2v) is 4.96. The zero-order valence-electron chi connectivity index (χ0n) is 11.4. The summed E-state index contributed by atoms with van der Waals surface area (Å²) in [5.74, 6) is -0.837. The van der Waals surface area contributed by atoms with Gasteiger partial charge < -0.3 is 10.1 Å². The van der Waals surface area contributed by atoms with Gasteiger partial charge in [0.05, 0.1) is 28.5 Å². The van der Waals surface area contributed by atoms with Crippen molar-refractivity contribution in [1.29, 1.82) is 0 Å². The van der Waals surface area contributed by atoms with Gasteiger partial charge in [0, 0.05) is 11.8 Å². The molecule has 6 heteroatoms. The molecule has 0 aliphatic heterocycles. The van der Waals surface area contributed by atoms with Crippen molar-refractivity contribution in [2.45, 2.75) is 0 Å². The third kappa shape index (κ3) is 1.70. The quantitative estimate of drug-likeness (QED) is 0.556. The molecule has 5 nitrogen and oxygen atoms in total. The highest BCUT2D eigenvalue weighted by molar-refractivity contribution is 5.83. The number of hydrogen-bond donors (Lipinski definition) is 2. The Morgan fingerprint density at radius 2 is 2.09 bits per heavy atom. The normalized spacial score (nSPS) is 11.3. The number of imidazole rings is 1. The number of aromatic amines is 1. The number of fused-ring (bicyclic) bond motifs is 3. The summed E-state index contributed by atoms with van der Waals surface area (Å²) in [6, 6.07) is 6.42. The molecule has 0 bridgehead atoms. The maximum atomic E-state index is 14.0. The maximum absolute atomic E-state index is 14.0. The molecular formula is C16H11FN4O. The number of aromatic nitrogens is 4. The summed E-state index contributed by atoms with van der Waals surface area (Å²) in [5, 5.41) is 9.32. The summed E-state index contributed by atoms with van der Waals surface area (Å²) in [6.45, 7) is 3.34. The highest BCUT2D eigenvalue weighted by Gasteiger charge is 2.13. The summed E-state index contributed by atoms with van der Waals surface area (Å²) >= 11 is 0. The summed E-state index contributed by atoms with van der Waals surface area (Å²) in [7, 11) is 0. The van der Waals surface area contributed by atoms with Crippen molar-refractivity contribution in [3.05, 3.63) is 60.9 Å². The zero-order valence-corrected chi connectivity index (χ0v) is 11.4. The van der Waals surface area contributed by atoms with Gasteiger partial charge in [-0.2, -0.15) is 0 Å². The fourth-order valence-electron chi connectivity index (χ4n) is 2.57. The number of benzene rings is 1. The lowest BCUT2D eigenvalue weighted by Crippen LogP contribution is -1.91. The first-order valence-corrected chi connectivity index (χ1v) is 6.62. The van der Waals surface area contributed by atoms with E-state index in [1.165, 1.54) is 12.1 Å². The second kappa shape index (κ2) is 4.42. The van der Waals surface area contributed by atoms with Crippen molar-refractivity contribution in [2.75, 3.05) is 0 Å². The molecule has 2 N–H and O–H groups in total. The van der Waals surface area contributed by atoms with Crippen LogP contribution in [0.5, 0.6) is 0 Å². The number of halogens is 1. The molecule has 0 aliphatic rings. The fraction of sp³-hybridized carbons (Fsp3) is 0. The lowest BCUT2D eigenvalue weighted by molar-refractivity contribution is 0.504. The minimum absolute atomic E-state index is 0.0819. The molecule has 0 radical (unpaired) electrons. The first kappa shape index (κ1) is 12.6. The number of aliphatic hydroxyl groups is 1. The molecule has 3 heterocycles. The number of rotatable bonds is 2. The van der Waals surface area contributed by atoms with E-state index in [9.17, 15) is 9.50 Å². The molecule has 0 spiro atoms. The van der Waals surface area contributed by atoms with Crippen molar-refractivity contribution in [1.82, 2.24) is 19.4 Å². The van der Waals surface area contributed by atoms with Crippen molar-refractivity contribution in [2.24, 2.45) is 0 Å². The van der Waals surface area contributed by atoms with Crippen LogP contribution in [0.15, 0.2) is 49.6 Å². The van der Waals surface area contributed by atoms with Crippen LogP contribution in [-0.4, -0.2) is 24.5 Å². The Kier molecular flexibility index (Phi) is 2.53. The lowest BCUT2D eigenvalue weighted by Gasteiger charge is -2.04. The van der Waals surface area contributed by atoms with E-state index in [1.54, 1.807) is 24.8 Å². The highest BCUT2D eigenvalue weighted by Crippen LogP contribution is 2.27. The van der Waals surface area contributed by atoms with Crippen LogP contribution in [0.25, 0.3) is 33.7 Å². The average Bonchev–Trinajstić information content (AvgIpc) is 3.12. The molecule has 0 fully saturated rings. The van der Waals surface area contributed by atoms with Crippen LogP contribution in [0.3, 0.4) is 0 Å². The Morgan fingerprint density at radius 3 is 2.86 bits per heavy atom. The number of H-pyrrole nitrogens is 1. The van der Waals surface area contributed by atoms with Crippen LogP contribution in [0.1, 0.15) is 5.56 Å². The van der Waals surface area contributed by atoms with Gasteiger partial charge in [0.25, 0.3) is 0 Å². The third-order valence-electron chi connectivity index (χ3n) is 3.64. The van der Waals surface area contributed by atoms with Crippen LogP contribution < -0.4 is 0 Å². The molecule has 22 heavy (non-hydrogen) atoms.